The highest BCUT2D eigenvalue weighted by Gasteiger charge is 2.51. The highest BCUT2D eigenvalue weighted by Crippen LogP contribution is 2.39. The van der Waals surface area contributed by atoms with Crippen molar-refractivity contribution in [1.82, 2.24) is 5.32 Å². The molecule has 0 spiro atoms. The molecular formula is C7H8Cl3NO2. The number of epoxide rings is 1. The number of ether oxygens (including phenoxy) is 1. The van der Waals surface area contributed by atoms with Gasteiger partial charge in [0.25, 0.3) is 9.70 Å². The maximum Gasteiger partial charge on any atom is 0.272 e. The van der Waals surface area contributed by atoms with E-state index in [2.05, 4.69) is 5.32 Å². The Labute approximate surface area is 90.7 Å². The van der Waals surface area contributed by atoms with Crippen LogP contribution >= 0.6 is 34.8 Å². The van der Waals surface area contributed by atoms with Crippen LogP contribution in [0.15, 0.2) is 0 Å². The van der Waals surface area contributed by atoms with Crippen LogP contribution < -0.4 is 5.32 Å². The number of nitrogens with one attached hydrogen (secondary N) is 1. The van der Waals surface area contributed by atoms with Crippen LogP contribution in [0.4, 0.5) is 0 Å². The van der Waals surface area contributed by atoms with E-state index in [-0.39, 0.29) is 12.1 Å². The molecule has 0 bridgehead atoms. The lowest BCUT2D eigenvalue weighted by molar-refractivity contribution is -0.121. The average molecular weight is 245 g/mol. The van der Waals surface area contributed by atoms with Gasteiger partial charge in [-0.3, -0.25) is 4.79 Å². The van der Waals surface area contributed by atoms with Crippen LogP contribution in [0, 0.1) is 0 Å². The summed E-state index contributed by atoms with van der Waals surface area (Å²) in [5.74, 6) is -0.571. The first-order valence-corrected chi connectivity index (χ1v) is 5.15. The molecule has 0 aromatic carbocycles. The molecule has 3 atom stereocenters. The molecule has 1 aliphatic heterocycles. The number of rotatable bonds is 1. The Balaban J connectivity index is 1.87. The zero-order chi connectivity index (χ0) is 9.64. The Morgan fingerprint density at radius 2 is 2.08 bits per heavy atom. The van der Waals surface area contributed by atoms with Crippen molar-refractivity contribution in [1.29, 1.82) is 0 Å². The number of hydrogen-bond acceptors (Lipinski definition) is 2. The summed E-state index contributed by atoms with van der Waals surface area (Å²) < 4.78 is 3.37. The second kappa shape index (κ2) is 3.16. The quantitative estimate of drug-likeness (QED) is 0.560. The van der Waals surface area contributed by atoms with Crippen LogP contribution in [0.1, 0.15) is 12.8 Å². The van der Waals surface area contributed by atoms with Gasteiger partial charge < -0.3 is 10.1 Å². The van der Waals surface area contributed by atoms with Gasteiger partial charge in [0, 0.05) is 0 Å². The number of hydrogen-bond donors (Lipinski definition) is 1. The van der Waals surface area contributed by atoms with Crippen molar-refractivity contribution in [3.8, 4) is 0 Å². The Hall–Kier alpha value is 0.300. The van der Waals surface area contributed by atoms with Crippen molar-refractivity contribution < 1.29 is 9.53 Å². The summed E-state index contributed by atoms with van der Waals surface area (Å²) in [6.07, 6.45) is 2.36. The lowest BCUT2D eigenvalue weighted by atomic mass is 10.2. The molecule has 0 unspecified atom stereocenters. The van der Waals surface area contributed by atoms with E-state index in [4.69, 9.17) is 39.5 Å². The highest BCUT2D eigenvalue weighted by atomic mass is 35.6. The van der Waals surface area contributed by atoms with E-state index in [9.17, 15) is 4.79 Å². The third-order valence-corrected chi connectivity index (χ3v) is 2.87. The Morgan fingerprint density at radius 1 is 1.38 bits per heavy atom. The fraction of sp³-hybridized carbons (Fsp3) is 0.857. The van der Waals surface area contributed by atoms with Crippen molar-refractivity contribution in [2.45, 2.75) is 34.9 Å². The lowest BCUT2D eigenvalue weighted by Gasteiger charge is -2.16. The van der Waals surface area contributed by atoms with Crippen LogP contribution in [0.2, 0.25) is 0 Å². The van der Waals surface area contributed by atoms with E-state index in [0.29, 0.717) is 6.10 Å². The van der Waals surface area contributed by atoms with Crippen molar-refractivity contribution in [3.63, 3.8) is 0 Å². The zero-order valence-corrected chi connectivity index (χ0v) is 8.86. The normalized spacial score (nSPS) is 37.0. The molecule has 1 heterocycles. The SMILES string of the molecule is O=C(N[C@@H]1CC[C@@H]2O[C@@H]21)C(Cl)(Cl)Cl. The van der Waals surface area contributed by atoms with Crippen LogP contribution in [-0.4, -0.2) is 27.9 Å². The first-order chi connectivity index (χ1) is 5.98. The third kappa shape index (κ3) is 2.04. The molecule has 13 heavy (non-hydrogen) atoms. The van der Waals surface area contributed by atoms with Gasteiger partial charge in [0.1, 0.15) is 6.10 Å². The van der Waals surface area contributed by atoms with E-state index in [1.54, 1.807) is 0 Å². The van der Waals surface area contributed by atoms with Gasteiger partial charge in [-0.1, -0.05) is 34.8 Å². The van der Waals surface area contributed by atoms with Gasteiger partial charge in [-0.2, -0.15) is 0 Å². The van der Waals surface area contributed by atoms with Gasteiger partial charge in [-0.25, -0.2) is 0 Å². The minimum Gasteiger partial charge on any atom is -0.367 e. The fourth-order valence-electron chi connectivity index (χ4n) is 1.66. The van der Waals surface area contributed by atoms with Crippen LogP contribution in [-0.2, 0) is 9.53 Å². The van der Waals surface area contributed by atoms with Gasteiger partial charge in [0.05, 0.1) is 12.1 Å². The van der Waals surface area contributed by atoms with Crippen molar-refractivity contribution in [2.24, 2.45) is 0 Å². The van der Waals surface area contributed by atoms with Crippen LogP contribution in [0.5, 0.6) is 0 Å². The van der Waals surface area contributed by atoms with Crippen LogP contribution in [0.25, 0.3) is 0 Å². The molecule has 2 rings (SSSR count). The summed E-state index contributed by atoms with van der Waals surface area (Å²) in [5.41, 5.74) is 0. The van der Waals surface area contributed by atoms with E-state index in [0.717, 1.165) is 12.8 Å². The number of amides is 1. The summed E-state index contributed by atoms with van der Waals surface area (Å²) in [7, 11) is 0. The van der Waals surface area contributed by atoms with Crippen molar-refractivity contribution in [3.05, 3.63) is 0 Å². The maximum atomic E-state index is 11.2. The molecule has 1 aliphatic carbocycles. The number of alkyl halides is 3. The largest absolute Gasteiger partial charge is 0.367 e. The Bertz CT molecular complexity index is 240. The molecule has 6 heteroatoms. The summed E-state index contributed by atoms with van der Waals surface area (Å²) in [5, 5.41) is 2.65. The molecule has 0 aromatic rings. The fourth-order valence-corrected chi connectivity index (χ4v) is 1.82. The first kappa shape index (κ1) is 9.84. The molecular weight excluding hydrogens is 236 g/mol. The molecule has 2 fully saturated rings. The maximum absolute atomic E-state index is 11.2. The minimum absolute atomic E-state index is 0.0214. The van der Waals surface area contributed by atoms with E-state index in [1.807, 2.05) is 0 Å². The van der Waals surface area contributed by atoms with Crippen molar-refractivity contribution >= 4 is 40.7 Å². The van der Waals surface area contributed by atoms with E-state index in [1.165, 1.54) is 0 Å². The lowest BCUT2D eigenvalue weighted by Crippen LogP contribution is -2.43. The second-order valence-corrected chi connectivity index (χ2v) is 5.58. The number of carbonyl (C=O) groups excluding carboxylic acids is 1. The minimum atomic E-state index is -1.87. The molecule has 1 saturated heterocycles. The average Bonchev–Trinajstić information content (AvgIpc) is 2.68. The van der Waals surface area contributed by atoms with Gasteiger partial charge >= 0.3 is 0 Å². The molecule has 1 saturated carbocycles. The monoisotopic (exact) mass is 243 g/mol. The molecule has 74 valence electrons. The summed E-state index contributed by atoms with van der Waals surface area (Å²) in [6.45, 7) is 0. The smallest absolute Gasteiger partial charge is 0.272 e. The molecule has 0 radical (unpaired) electrons. The molecule has 1 N–H and O–H groups in total. The standard InChI is InChI=1S/C7H8Cl3NO2/c8-7(9,10)6(12)11-3-1-2-4-5(3)13-4/h3-5H,1-2H2,(H,11,12)/t3-,4+,5-/m1/s1. The molecule has 1 amide bonds. The van der Waals surface area contributed by atoms with Crippen molar-refractivity contribution in [2.75, 3.05) is 0 Å². The molecule has 3 nitrogen and oxygen atoms in total. The second-order valence-electron chi connectivity index (χ2n) is 3.29. The third-order valence-electron chi connectivity index (χ3n) is 2.35. The number of carbonyl (C=O) groups is 1. The van der Waals surface area contributed by atoms with Gasteiger partial charge in [-0.05, 0) is 12.8 Å². The Morgan fingerprint density at radius 3 is 2.46 bits per heavy atom. The topological polar surface area (TPSA) is 41.6 Å². The van der Waals surface area contributed by atoms with Gasteiger partial charge in [0.15, 0.2) is 0 Å². The Kier molecular flexibility index (Phi) is 2.39. The number of halogens is 3. The van der Waals surface area contributed by atoms with Crippen LogP contribution in [0.3, 0.4) is 0 Å². The van der Waals surface area contributed by atoms with E-state index >= 15 is 0 Å². The summed E-state index contributed by atoms with van der Waals surface area (Å²) in [6, 6.07) is 0.0214. The predicted molar refractivity (Wildman–Crippen MR) is 50.1 cm³/mol. The zero-order valence-electron chi connectivity index (χ0n) is 6.60. The van der Waals surface area contributed by atoms with E-state index < -0.39 is 9.70 Å². The highest BCUT2D eigenvalue weighted by molar-refractivity contribution is 6.76. The predicted octanol–water partition coefficient (Wildman–Crippen LogP) is 1.40. The number of fused-ring (bicyclic) bond motifs is 1. The molecule has 0 aromatic heterocycles. The van der Waals surface area contributed by atoms with Gasteiger partial charge in [0.2, 0.25) is 0 Å². The molecule has 2 aliphatic rings. The summed E-state index contributed by atoms with van der Waals surface area (Å²) >= 11 is 16.2. The summed E-state index contributed by atoms with van der Waals surface area (Å²) in [4.78, 5) is 11.2. The van der Waals surface area contributed by atoms with Gasteiger partial charge in [-0.15, -0.1) is 0 Å². The first-order valence-electron chi connectivity index (χ1n) is 4.01.